The summed E-state index contributed by atoms with van der Waals surface area (Å²) >= 11 is 0. The fourth-order valence-electron chi connectivity index (χ4n) is 5.12. The number of nitrogens with zero attached hydrogens (tertiary/aromatic N) is 4. The summed E-state index contributed by atoms with van der Waals surface area (Å²) in [6.45, 7) is 4.27. The molecule has 0 amide bonds. The van der Waals surface area contributed by atoms with E-state index in [0.717, 1.165) is 0 Å². The van der Waals surface area contributed by atoms with Crippen LogP contribution in [0.5, 0.6) is 0 Å². The van der Waals surface area contributed by atoms with Crippen molar-refractivity contribution in [2.24, 2.45) is 0 Å². The number of rotatable bonds is 15. The second-order valence-electron chi connectivity index (χ2n) is 10.8. The number of carbonyl (C=O) groups excluding carboxylic acids is 6. The number of carboxylic acids is 3. The monoisotopic (exact) mass is 587 g/mol. The van der Waals surface area contributed by atoms with E-state index in [1.54, 1.807) is 28.0 Å². The first-order valence-corrected chi connectivity index (χ1v) is 14.1. The van der Waals surface area contributed by atoms with E-state index in [1.165, 1.54) is 25.7 Å². The Bertz CT molecular complexity index is 1080. The molecular weight excluding hydrogens is 548 g/mol. The van der Waals surface area contributed by atoms with Crippen LogP contribution in [0.1, 0.15) is 70.7 Å². The van der Waals surface area contributed by atoms with Gasteiger partial charge in [-0.3, -0.25) is 19.7 Å². The minimum absolute atomic E-state index is 0.00640. The van der Waals surface area contributed by atoms with Gasteiger partial charge >= 0.3 is 0 Å². The van der Waals surface area contributed by atoms with Gasteiger partial charge in [0.05, 0.1) is 41.4 Å². The molecule has 0 saturated carbocycles. The van der Waals surface area contributed by atoms with Crippen molar-refractivity contribution in [2.45, 2.75) is 90.5 Å². The van der Waals surface area contributed by atoms with Crippen LogP contribution in [0.3, 0.4) is 0 Å². The van der Waals surface area contributed by atoms with Crippen molar-refractivity contribution in [2.75, 3.05) is 26.2 Å². The topological polar surface area (TPSA) is 194 Å². The summed E-state index contributed by atoms with van der Waals surface area (Å²) in [5, 5.41) is 36.6. The highest BCUT2D eigenvalue weighted by Crippen LogP contribution is 2.18. The Hall–Kier alpha value is -3.55. The number of pyridine rings is 1. The van der Waals surface area contributed by atoms with E-state index in [1.807, 2.05) is 0 Å². The Labute approximate surface area is 245 Å². The number of carboxylic acid groups (broad SMARTS) is 3. The summed E-state index contributed by atoms with van der Waals surface area (Å²) in [6, 6.07) is 1.55. The molecule has 0 aliphatic carbocycles. The second kappa shape index (κ2) is 16.8. The fraction of sp³-hybridized carbons (Fsp3) is 0.621. The summed E-state index contributed by atoms with van der Waals surface area (Å²) in [4.78, 5) is 80.8. The lowest BCUT2D eigenvalue weighted by molar-refractivity contribution is -0.314. The molecule has 2 bridgehead atoms. The van der Waals surface area contributed by atoms with Crippen LogP contribution in [-0.4, -0.2) is 99.2 Å². The smallest absolute Gasteiger partial charge is 0.129 e. The molecule has 0 radical (unpaired) electrons. The third-order valence-electron chi connectivity index (χ3n) is 7.39. The van der Waals surface area contributed by atoms with E-state index in [4.69, 9.17) is 0 Å². The third kappa shape index (κ3) is 11.4. The molecule has 1 aliphatic heterocycles. The zero-order valence-corrected chi connectivity index (χ0v) is 24.4. The molecule has 3 atom stereocenters. The van der Waals surface area contributed by atoms with Crippen LogP contribution in [0.4, 0.5) is 0 Å². The number of carbonyl (C=O) groups is 6. The first kappa shape index (κ1) is 34.7. The van der Waals surface area contributed by atoms with E-state index in [0.29, 0.717) is 11.4 Å². The van der Waals surface area contributed by atoms with Gasteiger partial charge < -0.3 is 44.1 Å². The molecule has 232 valence electrons. The van der Waals surface area contributed by atoms with Gasteiger partial charge in [0.1, 0.15) is 17.3 Å². The third-order valence-corrected chi connectivity index (χ3v) is 7.39. The number of aromatic nitrogens is 1. The molecule has 13 nitrogen and oxygen atoms in total. The molecule has 1 aliphatic rings. The van der Waals surface area contributed by atoms with Crippen LogP contribution in [-0.2, 0) is 41.9 Å². The Balaban J connectivity index is 2.55. The highest BCUT2D eigenvalue weighted by Gasteiger charge is 2.28. The number of Topliss-reactive ketones (excluding diaryl/α,β-unsaturated/α-hetero) is 3. The number of aliphatic carboxylic acids is 3. The standard InChI is InChI=1S/C29H42N4O9/c1-19(34)7-10-24(27(37)38)31-13-15-32(25(28(39)40)11-8-20(2)35)17-22-5-4-6-23(30-22)18-33(16-14-31)26(29(41)42)12-9-21(3)36/h4-6,24-26H,7-18H2,1-3H3,(H,37,38)(H,39,40)(H,41,42)/p-3. The van der Waals surface area contributed by atoms with Gasteiger partial charge in [-0.2, -0.15) is 0 Å². The lowest BCUT2D eigenvalue weighted by atomic mass is 10.0. The number of ketones is 3. The molecule has 3 unspecified atom stereocenters. The quantitative estimate of drug-likeness (QED) is 0.209. The minimum Gasteiger partial charge on any atom is -0.548 e. The molecule has 0 saturated heterocycles. The fourth-order valence-corrected chi connectivity index (χ4v) is 5.12. The van der Waals surface area contributed by atoms with E-state index < -0.39 is 36.0 Å². The number of hydrogen-bond donors (Lipinski definition) is 0. The highest BCUT2D eigenvalue weighted by atomic mass is 16.4. The molecule has 0 fully saturated rings. The molecule has 13 heteroatoms. The molecule has 1 aromatic heterocycles. The molecule has 2 rings (SSSR count). The van der Waals surface area contributed by atoms with Crippen LogP contribution in [0.15, 0.2) is 18.2 Å². The lowest BCUT2D eigenvalue weighted by Crippen LogP contribution is -2.56. The van der Waals surface area contributed by atoms with E-state index in [9.17, 15) is 44.1 Å². The van der Waals surface area contributed by atoms with Gasteiger partial charge in [-0.25, -0.2) is 0 Å². The van der Waals surface area contributed by atoms with Crippen molar-refractivity contribution in [1.29, 1.82) is 0 Å². The Morgan fingerprint density at radius 1 is 0.619 bits per heavy atom. The van der Waals surface area contributed by atoms with Gasteiger partial charge in [-0.05, 0) is 52.2 Å². The van der Waals surface area contributed by atoms with Gasteiger partial charge in [-0.1, -0.05) is 6.07 Å². The average Bonchev–Trinajstić information content (AvgIpc) is 2.87. The molecular formula is C29H39N4O9-3. The zero-order valence-electron chi connectivity index (χ0n) is 24.4. The highest BCUT2D eigenvalue weighted by molar-refractivity contribution is 5.78. The van der Waals surface area contributed by atoms with Crippen molar-refractivity contribution in [3.63, 3.8) is 0 Å². The van der Waals surface area contributed by atoms with Gasteiger partial charge in [0.15, 0.2) is 0 Å². The van der Waals surface area contributed by atoms with Crippen molar-refractivity contribution in [3.8, 4) is 0 Å². The molecule has 0 N–H and O–H groups in total. The summed E-state index contributed by atoms with van der Waals surface area (Å²) < 4.78 is 0. The van der Waals surface area contributed by atoms with Crippen LogP contribution in [0, 0.1) is 0 Å². The van der Waals surface area contributed by atoms with Gasteiger partial charge in [0.25, 0.3) is 0 Å². The van der Waals surface area contributed by atoms with Gasteiger partial charge in [0.2, 0.25) is 0 Å². The van der Waals surface area contributed by atoms with Gasteiger partial charge in [-0.15, -0.1) is 0 Å². The van der Waals surface area contributed by atoms with Crippen molar-refractivity contribution < 1.29 is 44.1 Å². The number of fused-ring (bicyclic) bond motifs is 2. The van der Waals surface area contributed by atoms with Crippen LogP contribution in [0.2, 0.25) is 0 Å². The van der Waals surface area contributed by atoms with Crippen LogP contribution in [0.25, 0.3) is 0 Å². The SMILES string of the molecule is CC(=O)CCC(C(=O)[O-])N1CCN(C(CCC(C)=O)C(=O)[O-])Cc2cccc(n2)CN(C(CCC(C)=O)C(=O)[O-])CC1. The summed E-state index contributed by atoms with van der Waals surface area (Å²) in [5.74, 6) is -4.78. The maximum Gasteiger partial charge on any atom is 0.129 e. The van der Waals surface area contributed by atoms with E-state index in [-0.39, 0.29) is 95.1 Å². The summed E-state index contributed by atoms with van der Waals surface area (Å²) in [5.41, 5.74) is 0.964. The largest absolute Gasteiger partial charge is 0.548 e. The molecule has 1 aromatic rings. The maximum absolute atomic E-state index is 12.2. The van der Waals surface area contributed by atoms with Crippen LogP contribution >= 0.6 is 0 Å². The molecule has 42 heavy (non-hydrogen) atoms. The van der Waals surface area contributed by atoms with Crippen molar-refractivity contribution in [3.05, 3.63) is 29.6 Å². The average molecular weight is 588 g/mol. The van der Waals surface area contributed by atoms with Crippen molar-refractivity contribution in [1.82, 2.24) is 19.7 Å². The Morgan fingerprint density at radius 2 is 0.929 bits per heavy atom. The Kier molecular flexibility index (Phi) is 13.8. The maximum atomic E-state index is 12.2. The normalized spacial score (nSPS) is 17.7. The second-order valence-corrected chi connectivity index (χ2v) is 10.8. The molecule has 2 heterocycles. The van der Waals surface area contributed by atoms with Crippen molar-refractivity contribution >= 4 is 35.3 Å². The lowest BCUT2D eigenvalue weighted by Gasteiger charge is -2.40. The molecule has 0 aromatic carbocycles. The zero-order chi connectivity index (χ0) is 31.4. The Morgan fingerprint density at radius 3 is 1.24 bits per heavy atom. The van der Waals surface area contributed by atoms with Gasteiger partial charge in [0, 0.05) is 64.6 Å². The minimum atomic E-state index is -1.42. The first-order valence-electron chi connectivity index (χ1n) is 14.1. The predicted octanol–water partition coefficient (Wildman–Crippen LogP) is -2.54. The summed E-state index contributed by atoms with van der Waals surface area (Å²) in [6.07, 6.45) is -0.0943. The van der Waals surface area contributed by atoms with Crippen LogP contribution < -0.4 is 15.3 Å². The molecule has 0 spiro atoms. The summed E-state index contributed by atoms with van der Waals surface area (Å²) in [7, 11) is 0. The predicted molar refractivity (Wildman–Crippen MR) is 143 cm³/mol. The number of hydrogen-bond acceptors (Lipinski definition) is 13. The van der Waals surface area contributed by atoms with E-state index in [2.05, 4.69) is 4.98 Å². The first-order chi connectivity index (χ1) is 19.8. The van der Waals surface area contributed by atoms with E-state index >= 15 is 0 Å².